The third kappa shape index (κ3) is 2.63. The highest BCUT2D eigenvalue weighted by molar-refractivity contribution is 9.10. The molecule has 0 spiro atoms. The molecule has 0 saturated heterocycles. The molecule has 0 amide bonds. The smallest absolute Gasteiger partial charge is 0.277 e. The van der Waals surface area contributed by atoms with Crippen molar-refractivity contribution in [3.8, 4) is 0 Å². The van der Waals surface area contributed by atoms with Crippen LogP contribution in [0.2, 0.25) is 0 Å². The number of H-pyrrole nitrogens is 1. The summed E-state index contributed by atoms with van der Waals surface area (Å²) in [7, 11) is 0. The summed E-state index contributed by atoms with van der Waals surface area (Å²) >= 11 is 3.44. The lowest BCUT2D eigenvalue weighted by molar-refractivity contribution is 0.624. The van der Waals surface area contributed by atoms with Crippen LogP contribution in [0.4, 0.5) is 4.39 Å². The van der Waals surface area contributed by atoms with Gasteiger partial charge in [-0.15, -0.1) is 0 Å². The summed E-state index contributed by atoms with van der Waals surface area (Å²) in [6, 6.07) is 12.1. The molecule has 0 fully saturated rings. The van der Waals surface area contributed by atoms with Gasteiger partial charge in [0.15, 0.2) is 0 Å². The Morgan fingerprint density at radius 2 is 1.96 bits per heavy atom. The fraction of sp³-hybridized carbons (Fsp3) is 0.111. The Morgan fingerprint density at radius 3 is 2.75 bits per heavy atom. The van der Waals surface area contributed by atoms with E-state index in [-0.39, 0.29) is 11.4 Å². The zero-order chi connectivity index (χ0) is 16.7. The first-order valence-electron chi connectivity index (χ1n) is 7.52. The first-order valence-corrected chi connectivity index (χ1v) is 8.32. The number of aromatic amines is 1. The van der Waals surface area contributed by atoms with Gasteiger partial charge in [0.25, 0.3) is 5.56 Å². The normalized spacial score (nSPS) is 11.4. The number of nitrogens with one attached hydrogen (secondary N) is 1. The van der Waals surface area contributed by atoms with Gasteiger partial charge >= 0.3 is 0 Å². The second kappa shape index (κ2) is 5.87. The number of aromatic nitrogens is 3. The summed E-state index contributed by atoms with van der Waals surface area (Å²) in [5, 5.41) is 0.919. The number of halogens is 2. The lowest BCUT2D eigenvalue weighted by Gasteiger charge is -2.05. The Hall–Kier alpha value is -2.47. The molecule has 4 nitrogen and oxygen atoms in total. The second-order valence-corrected chi connectivity index (χ2v) is 6.57. The molecule has 4 aromatic rings. The Morgan fingerprint density at radius 1 is 1.17 bits per heavy atom. The first kappa shape index (κ1) is 15.1. The van der Waals surface area contributed by atoms with Crippen molar-refractivity contribution in [1.82, 2.24) is 14.5 Å². The van der Waals surface area contributed by atoms with Crippen LogP contribution in [0.5, 0.6) is 0 Å². The van der Waals surface area contributed by atoms with Crippen LogP contribution < -0.4 is 5.56 Å². The van der Waals surface area contributed by atoms with Crippen LogP contribution in [0.3, 0.4) is 0 Å². The fourth-order valence-electron chi connectivity index (χ4n) is 2.82. The van der Waals surface area contributed by atoms with Gasteiger partial charge in [-0.05, 0) is 42.3 Å². The molecule has 24 heavy (non-hydrogen) atoms. The number of benzene rings is 2. The maximum Gasteiger partial charge on any atom is 0.277 e. The predicted molar refractivity (Wildman–Crippen MR) is 95.7 cm³/mol. The molecule has 1 N–H and O–H groups in total. The van der Waals surface area contributed by atoms with Crippen LogP contribution in [-0.4, -0.2) is 14.5 Å². The van der Waals surface area contributed by atoms with Crippen molar-refractivity contribution in [3.05, 3.63) is 75.0 Å². The number of rotatable bonds is 3. The van der Waals surface area contributed by atoms with E-state index in [1.807, 2.05) is 18.2 Å². The number of nitrogens with zero attached hydrogens (tertiary/aromatic N) is 2. The molecule has 0 aliphatic heterocycles. The summed E-state index contributed by atoms with van der Waals surface area (Å²) in [6.07, 6.45) is 2.21. The van der Waals surface area contributed by atoms with Gasteiger partial charge in [-0.1, -0.05) is 28.1 Å². The third-order valence-electron chi connectivity index (χ3n) is 4.09. The second-order valence-electron chi connectivity index (χ2n) is 5.66. The van der Waals surface area contributed by atoms with E-state index in [1.165, 1.54) is 12.1 Å². The number of hydrogen-bond donors (Lipinski definition) is 1. The number of aryl methyl sites for hydroxylation is 2. The van der Waals surface area contributed by atoms with Crippen molar-refractivity contribution in [3.63, 3.8) is 0 Å². The highest BCUT2D eigenvalue weighted by atomic mass is 79.9. The average molecular weight is 386 g/mol. The number of hydrogen-bond acceptors (Lipinski definition) is 2. The molecule has 0 radical (unpaired) electrons. The molecule has 4 rings (SSSR count). The van der Waals surface area contributed by atoms with E-state index in [0.29, 0.717) is 24.0 Å². The van der Waals surface area contributed by atoms with Gasteiger partial charge in [0.05, 0.1) is 6.33 Å². The summed E-state index contributed by atoms with van der Waals surface area (Å²) in [5.74, 6) is -0.261. The molecular weight excluding hydrogens is 373 g/mol. The van der Waals surface area contributed by atoms with Crippen LogP contribution in [0.1, 0.15) is 5.56 Å². The third-order valence-corrected chi connectivity index (χ3v) is 4.58. The molecule has 2 aromatic heterocycles. The summed E-state index contributed by atoms with van der Waals surface area (Å²) in [5.41, 5.74) is 2.94. The molecule has 120 valence electrons. The van der Waals surface area contributed by atoms with Crippen molar-refractivity contribution in [2.24, 2.45) is 0 Å². The van der Waals surface area contributed by atoms with Crippen molar-refractivity contribution in [2.45, 2.75) is 13.0 Å². The molecule has 0 aliphatic carbocycles. The van der Waals surface area contributed by atoms with Crippen LogP contribution in [-0.2, 0) is 13.0 Å². The maximum atomic E-state index is 12.9. The predicted octanol–water partition coefficient (Wildman–Crippen LogP) is 4.02. The molecule has 0 unspecified atom stereocenters. The van der Waals surface area contributed by atoms with Crippen molar-refractivity contribution >= 4 is 37.9 Å². The minimum atomic E-state index is -0.261. The minimum absolute atomic E-state index is 0.102. The highest BCUT2D eigenvalue weighted by Gasteiger charge is 2.11. The Balaban J connectivity index is 1.71. The van der Waals surface area contributed by atoms with Crippen LogP contribution in [0.15, 0.2) is 58.1 Å². The molecule has 2 heterocycles. The highest BCUT2D eigenvalue weighted by Crippen LogP contribution is 2.24. The molecular formula is C18H13BrFN3O. The van der Waals surface area contributed by atoms with Gasteiger partial charge in [0.1, 0.15) is 16.9 Å². The summed E-state index contributed by atoms with van der Waals surface area (Å²) < 4.78 is 15.5. The van der Waals surface area contributed by atoms with E-state index in [4.69, 9.17) is 0 Å². The Kier molecular flexibility index (Phi) is 3.69. The van der Waals surface area contributed by atoms with Gasteiger partial charge in [-0.2, -0.15) is 0 Å². The SMILES string of the molecule is O=c1c2[nH]c3ccc(Br)cc3c2ncn1CCc1ccc(F)cc1. The van der Waals surface area contributed by atoms with E-state index >= 15 is 0 Å². The van der Waals surface area contributed by atoms with Gasteiger partial charge < -0.3 is 4.98 Å². The lowest BCUT2D eigenvalue weighted by Crippen LogP contribution is -2.21. The Bertz CT molecular complexity index is 1100. The Labute approximate surface area is 145 Å². The standard InChI is InChI=1S/C18H13BrFN3O/c19-12-3-6-15-14(9-12)16-17(22-15)18(24)23(10-21-16)8-7-11-1-4-13(20)5-2-11/h1-6,9-10,22H,7-8H2. The van der Waals surface area contributed by atoms with E-state index < -0.39 is 0 Å². The molecule has 0 bridgehead atoms. The monoisotopic (exact) mass is 385 g/mol. The van der Waals surface area contributed by atoms with E-state index in [0.717, 1.165) is 20.9 Å². The zero-order valence-corrected chi connectivity index (χ0v) is 14.2. The first-order chi connectivity index (χ1) is 11.6. The van der Waals surface area contributed by atoms with Crippen LogP contribution in [0.25, 0.3) is 21.9 Å². The van der Waals surface area contributed by atoms with E-state index in [9.17, 15) is 9.18 Å². The molecule has 6 heteroatoms. The zero-order valence-electron chi connectivity index (χ0n) is 12.6. The largest absolute Gasteiger partial charge is 0.349 e. The average Bonchev–Trinajstić information content (AvgIpc) is 2.95. The number of fused-ring (bicyclic) bond motifs is 3. The lowest BCUT2D eigenvalue weighted by atomic mass is 10.1. The molecule has 2 aromatic carbocycles. The van der Waals surface area contributed by atoms with Gasteiger partial charge in [-0.3, -0.25) is 9.36 Å². The summed E-state index contributed by atoms with van der Waals surface area (Å²) in [6.45, 7) is 0.493. The van der Waals surface area contributed by atoms with Crippen molar-refractivity contribution in [2.75, 3.05) is 0 Å². The molecule has 0 saturated carbocycles. The molecule has 0 atom stereocenters. The van der Waals surface area contributed by atoms with E-state index in [2.05, 4.69) is 25.9 Å². The van der Waals surface area contributed by atoms with Gasteiger partial charge in [0.2, 0.25) is 0 Å². The van der Waals surface area contributed by atoms with Crippen LogP contribution in [0, 0.1) is 5.82 Å². The maximum absolute atomic E-state index is 12.9. The topological polar surface area (TPSA) is 50.7 Å². The van der Waals surface area contributed by atoms with Crippen molar-refractivity contribution < 1.29 is 4.39 Å². The van der Waals surface area contributed by atoms with Gasteiger partial charge in [0, 0.05) is 21.9 Å². The van der Waals surface area contributed by atoms with Crippen LogP contribution >= 0.6 is 15.9 Å². The quantitative estimate of drug-likeness (QED) is 0.578. The minimum Gasteiger partial charge on any atom is -0.349 e. The molecule has 0 aliphatic rings. The van der Waals surface area contributed by atoms with Crippen molar-refractivity contribution in [1.29, 1.82) is 0 Å². The van der Waals surface area contributed by atoms with E-state index in [1.54, 1.807) is 23.0 Å². The van der Waals surface area contributed by atoms with Gasteiger partial charge in [-0.25, -0.2) is 9.37 Å². The summed E-state index contributed by atoms with van der Waals surface area (Å²) in [4.78, 5) is 20.3. The fourth-order valence-corrected chi connectivity index (χ4v) is 3.18.